The topological polar surface area (TPSA) is 132 Å². The van der Waals surface area contributed by atoms with Crippen molar-refractivity contribution in [2.24, 2.45) is 0 Å². The first-order chi connectivity index (χ1) is 17.0. The summed E-state index contributed by atoms with van der Waals surface area (Å²) >= 11 is 0. The van der Waals surface area contributed by atoms with Crippen LogP contribution in [0.1, 0.15) is 70.8 Å². The minimum atomic E-state index is -1.11. The lowest BCUT2D eigenvalue weighted by Gasteiger charge is -2.32. The number of rotatable bonds is 10. The largest absolute Gasteiger partial charge is 0.481 e. The highest BCUT2D eigenvalue weighted by Crippen LogP contribution is 2.38. The van der Waals surface area contributed by atoms with Crippen molar-refractivity contribution in [2.75, 3.05) is 26.3 Å². The van der Waals surface area contributed by atoms with Crippen LogP contribution in [-0.4, -0.2) is 89.2 Å². The molecular formula is C24H38BN5O6. The molecule has 2 fully saturated rings. The molecule has 0 saturated carbocycles. The predicted molar refractivity (Wildman–Crippen MR) is 133 cm³/mol. The Hall–Kier alpha value is -2.57. The SMILES string of the molecule is CCCCC(NC(=O)C(CC(=O)N1CCOCC1)NC(=O)c1cnccn1)B1OC(C)(C)C(C)(C)O1. The number of nitrogens with one attached hydrogen (secondary N) is 2. The molecule has 1 aromatic heterocycles. The van der Waals surface area contributed by atoms with Crippen molar-refractivity contribution in [3.05, 3.63) is 24.3 Å². The summed E-state index contributed by atoms with van der Waals surface area (Å²) in [5, 5.41) is 5.67. The molecule has 0 aromatic carbocycles. The van der Waals surface area contributed by atoms with Gasteiger partial charge in [-0.2, -0.15) is 0 Å². The molecular weight excluding hydrogens is 465 g/mol. The molecule has 2 atom stereocenters. The van der Waals surface area contributed by atoms with Gasteiger partial charge in [0.1, 0.15) is 11.7 Å². The molecule has 36 heavy (non-hydrogen) atoms. The summed E-state index contributed by atoms with van der Waals surface area (Å²) in [6.07, 6.45) is 6.35. The van der Waals surface area contributed by atoms with Crippen LogP contribution in [0.4, 0.5) is 0 Å². The van der Waals surface area contributed by atoms with Crippen molar-refractivity contribution in [1.82, 2.24) is 25.5 Å². The molecule has 3 rings (SSSR count). The molecule has 2 unspecified atom stereocenters. The number of carbonyl (C=O) groups is 3. The van der Waals surface area contributed by atoms with Crippen LogP contribution < -0.4 is 10.6 Å². The fraction of sp³-hybridized carbons (Fsp3) is 0.708. The minimum Gasteiger partial charge on any atom is -0.402 e. The quantitative estimate of drug-likeness (QED) is 0.455. The summed E-state index contributed by atoms with van der Waals surface area (Å²) in [4.78, 5) is 48.8. The van der Waals surface area contributed by atoms with Gasteiger partial charge in [-0.15, -0.1) is 0 Å². The fourth-order valence-electron chi connectivity index (χ4n) is 4.01. The summed E-state index contributed by atoms with van der Waals surface area (Å²) < 4.78 is 17.7. The van der Waals surface area contributed by atoms with Crippen LogP contribution in [0.5, 0.6) is 0 Å². The minimum absolute atomic E-state index is 0.0580. The predicted octanol–water partition coefficient (Wildman–Crippen LogP) is 1.13. The smallest absolute Gasteiger partial charge is 0.402 e. The maximum atomic E-state index is 13.5. The molecule has 12 heteroatoms. The molecule has 3 amide bonds. The number of morpholine rings is 1. The molecule has 0 radical (unpaired) electrons. The monoisotopic (exact) mass is 503 g/mol. The van der Waals surface area contributed by atoms with Gasteiger partial charge in [0, 0.05) is 25.5 Å². The van der Waals surface area contributed by atoms with Crippen LogP contribution in [0.15, 0.2) is 18.6 Å². The summed E-state index contributed by atoms with van der Waals surface area (Å²) in [7, 11) is -0.656. The number of carbonyl (C=O) groups excluding carboxylic acids is 3. The Morgan fingerprint density at radius 3 is 2.33 bits per heavy atom. The Bertz CT molecular complexity index is 894. The van der Waals surface area contributed by atoms with Crippen LogP contribution >= 0.6 is 0 Å². The highest BCUT2D eigenvalue weighted by atomic mass is 16.7. The summed E-state index contributed by atoms with van der Waals surface area (Å²) in [6.45, 7) is 11.6. The molecule has 11 nitrogen and oxygen atoms in total. The van der Waals surface area contributed by atoms with E-state index >= 15 is 0 Å². The van der Waals surface area contributed by atoms with E-state index in [0.717, 1.165) is 12.8 Å². The summed E-state index contributed by atoms with van der Waals surface area (Å²) in [6, 6.07) is -1.11. The van der Waals surface area contributed by atoms with E-state index in [1.807, 2.05) is 27.7 Å². The van der Waals surface area contributed by atoms with Crippen molar-refractivity contribution in [3.8, 4) is 0 Å². The Morgan fingerprint density at radius 2 is 1.75 bits per heavy atom. The van der Waals surface area contributed by atoms with E-state index in [9.17, 15) is 14.4 Å². The average molecular weight is 503 g/mol. The highest BCUT2D eigenvalue weighted by molar-refractivity contribution is 6.48. The molecule has 198 valence electrons. The zero-order valence-corrected chi connectivity index (χ0v) is 21.9. The van der Waals surface area contributed by atoms with Gasteiger partial charge in [-0.25, -0.2) is 4.98 Å². The summed E-state index contributed by atoms with van der Waals surface area (Å²) in [5.74, 6) is -1.75. The lowest BCUT2D eigenvalue weighted by Crippen LogP contribution is -2.56. The van der Waals surface area contributed by atoms with Crippen LogP contribution in [-0.2, 0) is 23.6 Å². The van der Waals surface area contributed by atoms with E-state index in [2.05, 4.69) is 27.5 Å². The maximum absolute atomic E-state index is 13.5. The number of unbranched alkanes of at least 4 members (excludes halogenated alkanes) is 1. The van der Waals surface area contributed by atoms with Crippen molar-refractivity contribution in [2.45, 2.75) is 83.5 Å². The van der Waals surface area contributed by atoms with Gasteiger partial charge in [0.05, 0.1) is 43.0 Å². The molecule has 0 bridgehead atoms. The van der Waals surface area contributed by atoms with Crippen molar-refractivity contribution in [3.63, 3.8) is 0 Å². The molecule has 2 saturated heterocycles. The Kier molecular flexibility index (Phi) is 9.43. The van der Waals surface area contributed by atoms with E-state index < -0.39 is 42.1 Å². The molecule has 2 aliphatic heterocycles. The standard InChI is InChI=1S/C24H38BN5O6/c1-6-7-8-19(25-35-23(2,3)24(4,5)36-25)29-21(32)17(15-20(31)30-11-13-34-14-12-30)28-22(33)18-16-26-9-10-27-18/h9-10,16-17,19H,6-8,11-15H2,1-5H3,(H,28,33)(H,29,32). The van der Waals surface area contributed by atoms with E-state index in [4.69, 9.17) is 14.0 Å². The van der Waals surface area contributed by atoms with Gasteiger partial charge < -0.3 is 29.6 Å². The second-order valence-corrected chi connectivity index (χ2v) is 10.2. The zero-order chi connectivity index (χ0) is 26.3. The van der Waals surface area contributed by atoms with Gasteiger partial charge in [0.15, 0.2) is 0 Å². The number of ether oxygens (including phenoxy) is 1. The number of hydrogen-bond donors (Lipinski definition) is 2. The fourth-order valence-corrected chi connectivity index (χ4v) is 4.01. The normalized spacial score (nSPS) is 20.5. The number of nitrogens with zero attached hydrogens (tertiary/aromatic N) is 3. The zero-order valence-electron chi connectivity index (χ0n) is 21.9. The molecule has 0 spiro atoms. The first-order valence-corrected chi connectivity index (χ1v) is 12.6. The number of amides is 3. The first kappa shape index (κ1) is 28.0. The Balaban J connectivity index is 1.77. The van der Waals surface area contributed by atoms with Crippen LogP contribution in [0, 0.1) is 0 Å². The maximum Gasteiger partial charge on any atom is 0.481 e. The van der Waals surface area contributed by atoms with Gasteiger partial charge >= 0.3 is 7.12 Å². The van der Waals surface area contributed by atoms with E-state index in [0.29, 0.717) is 32.7 Å². The van der Waals surface area contributed by atoms with E-state index in [-0.39, 0.29) is 18.0 Å². The lowest BCUT2D eigenvalue weighted by atomic mass is 9.75. The van der Waals surface area contributed by atoms with Gasteiger partial charge in [-0.1, -0.05) is 19.8 Å². The second-order valence-electron chi connectivity index (χ2n) is 10.2. The summed E-state index contributed by atoms with van der Waals surface area (Å²) in [5.41, 5.74) is -1.06. The van der Waals surface area contributed by atoms with Gasteiger partial charge in [-0.3, -0.25) is 19.4 Å². The highest BCUT2D eigenvalue weighted by Gasteiger charge is 2.54. The molecule has 2 aliphatic rings. The second kappa shape index (κ2) is 12.1. The molecule has 1 aromatic rings. The van der Waals surface area contributed by atoms with Gasteiger partial charge in [-0.05, 0) is 34.1 Å². The Morgan fingerprint density at radius 1 is 1.08 bits per heavy atom. The lowest BCUT2D eigenvalue weighted by molar-refractivity contribution is -0.138. The van der Waals surface area contributed by atoms with Gasteiger partial charge in [0.2, 0.25) is 11.8 Å². The van der Waals surface area contributed by atoms with Crippen molar-refractivity contribution >= 4 is 24.8 Å². The number of aromatic nitrogens is 2. The number of hydrogen-bond acceptors (Lipinski definition) is 8. The Labute approximate surface area is 213 Å². The first-order valence-electron chi connectivity index (χ1n) is 12.6. The third-order valence-corrected chi connectivity index (χ3v) is 6.96. The van der Waals surface area contributed by atoms with Crippen LogP contribution in [0.25, 0.3) is 0 Å². The van der Waals surface area contributed by atoms with Crippen LogP contribution in [0.2, 0.25) is 0 Å². The third-order valence-electron chi connectivity index (χ3n) is 6.96. The van der Waals surface area contributed by atoms with E-state index in [1.54, 1.807) is 4.90 Å². The molecule has 0 aliphatic carbocycles. The van der Waals surface area contributed by atoms with Crippen molar-refractivity contribution < 1.29 is 28.4 Å². The third kappa shape index (κ3) is 7.01. The van der Waals surface area contributed by atoms with Gasteiger partial charge in [0.25, 0.3) is 5.91 Å². The molecule has 3 heterocycles. The average Bonchev–Trinajstić information content (AvgIpc) is 3.08. The molecule has 2 N–H and O–H groups in total. The van der Waals surface area contributed by atoms with Crippen molar-refractivity contribution in [1.29, 1.82) is 0 Å². The van der Waals surface area contributed by atoms with Crippen LogP contribution in [0.3, 0.4) is 0 Å². The van der Waals surface area contributed by atoms with E-state index in [1.165, 1.54) is 18.6 Å².